The zero-order chi connectivity index (χ0) is 11.9. The Balaban J connectivity index is 2.43. The van der Waals surface area contributed by atoms with E-state index in [1.807, 2.05) is 26.8 Å². The number of fused-ring (bicyclic) bond motifs is 1. The molecule has 86 valence electrons. The minimum absolute atomic E-state index is 0.172. The second-order valence-electron chi connectivity index (χ2n) is 4.45. The summed E-state index contributed by atoms with van der Waals surface area (Å²) in [5, 5.41) is 5.70. The SMILES string of the molecule is Cc1cc(F)c2c(c1)C(NC(C)C)C(=O)N2. The number of hydrogen-bond donors (Lipinski definition) is 2. The summed E-state index contributed by atoms with van der Waals surface area (Å²) in [7, 11) is 0. The fourth-order valence-electron chi connectivity index (χ4n) is 1.96. The molecule has 2 N–H and O–H groups in total. The van der Waals surface area contributed by atoms with E-state index >= 15 is 0 Å². The largest absolute Gasteiger partial charge is 0.322 e. The highest BCUT2D eigenvalue weighted by atomic mass is 19.1. The molecule has 0 saturated carbocycles. The molecule has 1 aromatic rings. The standard InChI is InChI=1S/C12H15FN2O/c1-6(2)14-11-8-4-7(3)5-9(13)10(8)15-12(11)16/h4-6,11,14H,1-3H3,(H,15,16). The second kappa shape index (κ2) is 3.87. The highest BCUT2D eigenvalue weighted by Gasteiger charge is 2.32. The van der Waals surface area contributed by atoms with Crippen LogP contribution in [0.5, 0.6) is 0 Å². The van der Waals surface area contributed by atoms with E-state index in [-0.39, 0.29) is 17.8 Å². The number of benzene rings is 1. The van der Waals surface area contributed by atoms with Crippen molar-refractivity contribution in [2.45, 2.75) is 32.9 Å². The number of anilines is 1. The maximum atomic E-state index is 13.6. The molecular formula is C12H15FN2O. The lowest BCUT2D eigenvalue weighted by molar-refractivity contribution is -0.117. The summed E-state index contributed by atoms with van der Waals surface area (Å²) in [4.78, 5) is 11.7. The number of amides is 1. The predicted molar refractivity (Wildman–Crippen MR) is 60.8 cm³/mol. The van der Waals surface area contributed by atoms with E-state index in [0.29, 0.717) is 11.3 Å². The first-order valence-corrected chi connectivity index (χ1v) is 5.36. The monoisotopic (exact) mass is 222 g/mol. The van der Waals surface area contributed by atoms with Crippen LogP contribution in [0.1, 0.15) is 31.0 Å². The maximum Gasteiger partial charge on any atom is 0.246 e. The molecule has 1 amide bonds. The molecule has 1 aliphatic rings. The molecule has 4 heteroatoms. The van der Waals surface area contributed by atoms with Crippen LogP contribution in [0.4, 0.5) is 10.1 Å². The van der Waals surface area contributed by atoms with Crippen molar-refractivity contribution in [3.63, 3.8) is 0 Å². The smallest absolute Gasteiger partial charge is 0.246 e. The molecule has 0 radical (unpaired) electrons. The average molecular weight is 222 g/mol. The fourth-order valence-corrected chi connectivity index (χ4v) is 1.96. The molecular weight excluding hydrogens is 207 g/mol. The van der Waals surface area contributed by atoms with Gasteiger partial charge in [-0.25, -0.2) is 4.39 Å². The third-order valence-electron chi connectivity index (χ3n) is 2.59. The van der Waals surface area contributed by atoms with Crippen molar-refractivity contribution in [1.82, 2.24) is 5.32 Å². The van der Waals surface area contributed by atoms with Gasteiger partial charge in [-0.3, -0.25) is 10.1 Å². The molecule has 1 unspecified atom stereocenters. The van der Waals surface area contributed by atoms with E-state index in [2.05, 4.69) is 10.6 Å². The fraction of sp³-hybridized carbons (Fsp3) is 0.417. The molecule has 0 spiro atoms. The molecule has 16 heavy (non-hydrogen) atoms. The molecule has 0 fully saturated rings. The number of halogens is 1. The van der Waals surface area contributed by atoms with Crippen LogP contribution in [0, 0.1) is 12.7 Å². The van der Waals surface area contributed by atoms with Crippen LogP contribution < -0.4 is 10.6 Å². The normalized spacial score (nSPS) is 18.8. The second-order valence-corrected chi connectivity index (χ2v) is 4.45. The Bertz CT molecular complexity index is 443. The van der Waals surface area contributed by atoms with Gasteiger partial charge in [-0.1, -0.05) is 6.07 Å². The van der Waals surface area contributed by atoms with Crippen molar-refractivity contribution >= 4 is 11.6 Å². The average Bonchev–Trinajstić information content (AvgIpc) is 2.45. The van der Waals surface area contributed by atoms with Gasteiger partial charge in [0.25, 0.3) is 0 Å². The van der Waals surface area contributed by atoms with E-state index in [1.165, 1.54) is 6.07 Å². The molecule has 1 heterocycles. The van der Waals surface area contributed by atoms with Crippen LogP contribution in [0.2, 0.25) is 0 Å². The Morgan fingerprint density at radius 3 is 2.75 bits per heavy atom. The Labute approximate surface area is 94.0 Å². The van der Waals surface area contributed by atoms with Crippen molar-refractivity contribution in [2.75, 3.05) is 5.32 Å². The van der Waals surface area contributed by atoms with Crippen LogP contribution in [0.15, 0.2) is 12.1 Å². The molecule has 0 aromatic heterocycles. The highest BCUT2D eigenvalue weighted by Crippen LogP contribution is 2.34. The molecule has 0 bridgehead atoms. The lowest BCUT2D eigenvalue weighted by atomic mass is 10.0. The third-order valence-corrected chi connectivity index (χ3v) is 2.59. The van der Waals surface area contributed by atoms with E-state index < -0.39 is 6.04 Å². The topological polar surface area (TPSA) is 41.1 Å². The summed E-state index contributed by atoms with van der Waals surface area (Å²) in [5.41, 5.74) is 1.84. The predicted octanol–water partition coefficient (Wildman–Crippen LogP) is 2.13. The van der Waals surface area contributed by atoms with Gasteiger partial charge in [0.2, 0.25) is 5.91 Å². The zero-order valence-corrected chi connectivity index (χ0v) is 9.60. The highest BCUT2D eigenvalue weighted by molar-refractivity contribution is 6.02. The lowest BCUT2D eigenvalue weighted by Gasteiger charge is -2.14. The summed E-state index contributed by atoms with van der Waals surface area (Å²) >= 11 is 0. The number of rotatable bonds is 2. The summed E-state index contributed by atoms with van der Waals surface area (Å²) < 4.78 is 13.6. The minimum Gasteiger partial charge on any atom is -0.322 e. The Hall–Kier alpha value is -1.42. The molecule has 0 saturated heterocycles. The van der Waals surface area contributed by atoms with Gasteiger partial charge in [-0.15, -0.1) is 0 Å². The van der Waals surface area contributed by atoms with Crippen LogP contribution in [-0.4, -0.2) is 11.9 Å². The number of hydrogen-bond acceptors (Lipinski definition) is 2. The first-order valence-electron chi connectivity index (χ1n) is 5.36. The quantitative estimate of drug-likeness (QED) is 0.804. The van der Waals surface area contributed by atoms with Crippen LogP contribution in [0.3, 0.4) is 0 Å². The van der Waals surface area contributed by atoms with Crippen molar-refractivity contribution in [2.24, 2.45) is 0 Å². The summed E-state index contributed by atoms with van der Waals surface area (Å²) in [6.45, 7) is 5.73. The van der Waals surface area contributed by atoms with Gasteiger partial charge in [0, 0.05) is 11.6 Å². The molecule has 1 aliphatic heterocycles. The first kappa shape index (κ1) is 11.1. The van der Waals surface area contributed by atoms with Gasteiger partial charge >= 0.3 is 0 Å². The Morgan fingerprint density at radius 1 is 1.44 bits per heavy atom. The summed E-state index contributed by atoms with van der Waals surface area (Å²) in [6, 6.07) is 3.00. The molecule has 1 atom stereocenters. The summed E-state index contributed by atoms with van der Waals surface area (Å²) in [6.07, 6.45) is 0. The van der Waals surface area contributed by atoms with Gasteiger partial charge in [0.15, 0.2) is 0 Å². The minimum atomic E-state index is -0.440. The van der Waals surface area contributed by atoms with Gasteiger partial charge in [-0.05, 0) is 32.4 Å². The number of carbonyl (C=O) groups excluding carboxylic acids is 1. The van der Waals surface area contributed by atoms with Crippen LogP contribution in [-0.2, 0) is 4.79 Å². The van der Waals surface area contributed by atoms with Gasteiger partial charge < -0.3 is 5.32 Å². The molecule has 0 aliphatic carbocycles. The van der Waals surface area contributed by atoms with Crippen LogP contribution >= 0.6 is 0 Å². The van der Waals surface area contributed by atoms with E-state index in [9.17, 15) is 9.18 Å². The van der Waals surface area contributed by atoms with Crippen molar-refractivity contribution in [3.8, 4) is 0 Å². The van der Waals surface area contributed by atoms with Crippen molar-refractivity contribution < 1.29 is 9.18 Å². The number of nitrogens with one attached hydrogen (secondary N) is 2. The lowest BCUT2D eigenvalue weighted by Crippen LogP contribution is -2.32. The first-order chi connectivity index (χ1) is 7.49. The third kappa shape index (κ3) is 1.80. The maximum absolute atomic E-state index is 13.6. The van der Waals surface area contributed by atoms with Gasteiger partial charge in [0.1, 0.15) is 11.9 Å². The molecule has 2 rings (SSSR count). The summed E-state index contributed by atoms with van der Waals surface area (Å²) in [5.74, 6) is -0.551. The molecule has 3 nitrogen and oxygen atoms in total. The zero-order valence-electron chi connectivity index (χ0n) is 9.60. The number of carbonyl (C=O) groups is 1. The van der Waals surface area contributed by atoms with Crippen molar-refractivity contribution in [3.05, 3.63) is 29.1 Å². The van der Waals surface area contributed by atoms with Crippen LogP contribution in [0.25, 0.3) is 0 Å². The van der Waals surface area contributed by atoms with E-state index in [0.717, 1.165) is 5.56 Å². The molecule has 1 aromatic carbocycles. The Morgan fingerprint density at radius 2 is 2.12 bits per heavy atom. The van der Waals surface area contributed by atoms with Crippen molar-refractivity contribution in [1.29, 1.82) is 0 Å². The van der Waals surface area contributed by atoms with E-state index in [1.54, 1.807) is 0 Å². The van der Waals surface area contributed by atoms with E-state index in [4.69, 9.17) is 0 Å². The van der Waals surface area contributed by atoms with Gasteiger partial charge in [0.05, 0.1) is 5.69 Å². The Kier molecular flexibility index (Phi) is 2.68. The van der Waals surface area contributed by atoms with Gasteiger partial charge in [-0.2, -0.15) is 0 Å². The number of aryl methyl sites for hydroxylation is 1.